The van der Waals surface area contributed by atoms with Crippen LogP contribution in [0.25, 0.3) is 6.08 Å². The van der Waals surface area contributed by atoms with Gasteiger partial charge < -0.3 is 10.0 Å². The van der Waals surface area contributed by atoms with Gasteiger partial charge in [-0.2, -0.15) is 0 Å². The monoisotopic (exact) mass is 310 g/mol. The lowest BCUT2D eigenvalue weighted by atomic mass is 10.1. The van der Waals surface area contributed by atoms with Crippen molar-refractivity contribution in [3.63, 3.8) is 0 Å². The van der Waals surface area contributed by atoms with Gasteiger partial charge in [-0.15, -0.1) is 0 Å². The number of nitrogens with zero attached hydrogens (tertiary/aromatic N) is 2. The summed E-state index contributed by atoms with van der Waals surface area (Å²) in [5.41, 5.74) is 2.83. The maximum Gasteiger partial charge on any atom is 0.246 e. The maximum absolute atomic E-state index is 12.3. The minimum absolute atomic E-state index is 0.123. The van der Waals surface area contributed by atoms with Crippen molar-refractivity contribution in [2.75, 3.05) is 13.1 Å². The minimum atomic E-state index is -0.689. The highest BCUT2D eigenvalue weighted by atomic mass is 16.3. The number of aromatic nitrogens is 1. The largest absolute Gasteiger partial charge is 0.387 e. The first kappa shape index (κ1) is 16.9. The second-order valence-electron chi connectivity index (χ2n) is 5.42. The van der Waals surface area contributed by atoms with E-state index >= 15 is 0 Å². The molecule has 1 atom stereocenters. The predicted octanol–water partition coefficient (Wildman–Crippen LogP) is 2.99. The van der Waals surface area contributed by atoms with E-state index < -0.39 is 6.10 Å². The Morgan fingerprint density at radius 2 is 2.04 bits per heavy atom. The fourth-order valence-corrected chi connectivity index (χ4v) is 2.23. The highest BCUT2D eigenvalue weighted by Crippen LogP contribution is 2.15. The molecule has 2 rings (SSSR count). The standard InChI is InChI=1S/C19H22N2O2/c1-3-21(14-18(22)17-9-6-15(2)7-10-17)19(23)11-8-16-5-4-12-20-13-16/h4-13,18,22H,3,14H2,1-2H3. The number of aliphatic hydroxyl groups excluding tert-OH is 1. The Balaban J connectivity index is 1.99. The van der Waals surface area contributed by atoms with E-state index in [1.807, 2.05) is 50.2 Å². The van der Waals surface area contributed by atoms with Crippen LogP contribution >= 0.6 is 0 Å². The number of aliphatic hydroxyl groups is 1. The van der Waals surface area contributed by atoms with Crippen LogP contribution in [0, 0.1) is 6.92 Å². The summed E-state index contributed by atoms with van der Waals surface area (Å²) in [6.07, 6.45) is 5.95. The first-order valence-corrected chi connectivity index (χ1v) is 7.71. The molecule has 0 bridgehead atoms. The van der Waals surface area contributed by atoms with Crippen LogP contribution in [0.1, 0.15) is 29.7 Å². The number of likely N-dealkylation sites (N-methyl/N-ethyl adjacent to an activating group) is 1. The van der Waals surface area contributed by atoms with Gasteiger partial charge in [0.2, 0.25) is 5.91 Å². The van der Waals surface area contributed by atoms with Crippen LogP contribution in [0.4, 0.5) is 0 Å². The molecule has 0 saturated carbocycles. The third-order valence-corrected chi connectivity index (χ3v) is 3.65. The lowest BCUT2D eigenvalue weighted by Gasteiger charge is -2.23. The average Bonchev–Trinajstić information content (AvgIpc) is 2.59. The highest BCUT2D eigenvalue weighted by Gasteiger charge is 2.15. The molecule has 1 aromatic carbocycles. The second-order valence-corrected chi connectivity index (χ2v) is 5.42. The molecule has 0 saturated heterocycles. The smallest absolute Gasteiger partial charge is 0.246 e. The molecule has 120 valence electrons. The molecule has 1 heterocycles. The quantitative estimate of drug-likeness (QED) is 0.835. The lowest BCUT2D eigenvalue weighted by molar-refractivity contribution is -0.127. The Morgan fingerprint density at radius 1 is 1.30 bits per heavy atom. The fourth-order valence-electron chi connectivity index (χ4n) is 2.23. The van der Waals surface area contributed by atoms with Gasteiger partial charge in [0.1, 0.15) is 0 Å². The molecule has 1 unspecified atom stereocenters. The molecule has 0 aliphatic rings. The van der Waals surface area contributed by atoms with Crippen molar-refractivity contribution in [1.29, 1.82) is 0 Å². The van der Waals surface area contributed by atoms with E-state index in [2.05, 4.69) is 4.98 Å². The van der Waals surface area contributed by atoms with Gasteiger partial charge >= 0.3 is 0 Å². The SMILES string of the molecule is CCN(CC(O)c1ccc(C)cc1)C(=O)C=Cc1cccnc1. The van der Waals surface area contributed by atoms with Gasteiger partial charge in [0.15, 0.2) is 0 Å². The van der Waals surface area contributed by atoms with E-state index in [0.29, 0.717) is 6.54 Å². The Kier molecular flexibility index (Phi) is 6.06. The number of carbonyl (C=O) groups is 1. The molecular formula is C19H22N2O2. The zero-order valence-electron chi connectivity index (χ0n) is 13.5. The van der Waals surface area contributed by atoms with E-state index in [4.69, 9.17) is 0 Å². The first-order chi connectivity index (χ1) is 11.1. The Hall–Kier alpha value is -2.46. The van der Waals surface area contributed by atoms with E-state index in [1.54, 1.807) is 23.4 Å². The van der Waals surface area contributed by atoms with Gasteiger partial charge in [-0.05, 0) is 37.1 Å². The molecule has 1 amide bonds. The van der Waals surface area contributed by atoms with Gasteiger partial charge in [0.25, 0.3) is 0 Å². The Morgan fingerprint density at radius 3 is 2.65 bits per heavy atom. The number of amides is 1. The summed E-state index contributed by atoms with van der Waals surface area (Å²) in [6.45, 7) is 4.72. The summed E-state index contributed by atoms with van der Waals surface area (Å²) in [5.74, 6) is -0.123. The Labute approximate surface area is 137 Å². The zero-order valence-corrected chi connectivity index (χ0v) is 13.5. The number of aryl methyl sites for hydroxylation is 1. The summed E-state index contributed by atoms with van der Waals surface area (Å²) in [6, 6.07) is 11.4. The van der Waals surface area contributed by atoms with Crippen molar-refractivity contribution in [2.45, 2.75) is 20.0 Å². The van der Waals surface area contributed by atoms with E-state index in [1.165, 1.54) is 6.08 Å². The summed E-state index contributed by atoms with van der Waals surface area (Å²) in [7, 11) is 0. The second kappa shape index (κ2) is 8.25. The molecule has 2 aromatic rings. The minimum Gasteiger partial charge on any atom is -0.387 e. The van der Waals surface area contributed by atoms with Crippen molar-refractivity contribution < 1.29 is 9.90 Å². The van der Waals surface area contributed by atoms with Crippen molar-refractivity contribution in [3.05, 3.63) is 71.6 Å². The summed E-state index contributed by atoms with van der Waals surface area (Å²) in [4.78, 5) is 17.9. The van der Waals surface area contributed by atoms with Crippen molar-refractivity contribution >= 4 is 12.0 Å². The van der Waals surface area contributed by atoms with Crippen LogP contribution in [-0.4, -0.2) is 34.0 Å². The number of rotatable bonds is 6. The topological polar surface area (TPSA) is 53.4 Å². The highest BCUT2D eigenvalue weighted by molar-refractivity contribution is 5.91. The van der Waals surface area contributed by atoms with Gasteiger partial charge in [-0.25, -0.2) is 0 Å². The number of carbonyl (C=O) groups excluding carboxylic acids is 1. The molecule has 23 heavy (non-hydrogen) atoms. The van der Waals surface area contributed by atoms with Gasteiger partial charge in [0.05, 0.1) is 12.6 Å². The molecule has 0 aliphatic heterocycles. The average molecular weight is 310 g/mol. The number of pyridine rings is 1. The number of hydrogen-bond acceptors (Lipinski definition) is 3. The van der Waals surface area contributed by atoms with E-state index in [9.17, 15) is 9.90 Å². The molecule has 0 fully saturated rings. The summed E-state index contributed by atoms with van der Waals surface area (Å²) >= 11 is 0. The predicted molar refractivity (Wildman–Crippen MR) is 91.7 cm³/mol. The molecule has 1 aromatic heterocycles. The molecule has 0 aliphatic carbocycles. The fraction of sp³-hybridized carbons (Fsp3) is 0.263. The van der Waals surface area contributed by atoms with Crippen molar-refractivity contribution in [1.82, 2.24) is 9.88 Å². The van der Waals surface area contributed by atoms with Crippen LogP contribution in [0.2, 0.25) is 0 Å². The third-order valence-electron chi connectivity index (χ3n) is 3.65. The van der Waals surface area contributed by atoms with E-state index in [0.717, 1.165) is 16.7 Å². The van der Waals surface area contributed by atoms with Gasteiger partial charge in [-0.1, -0.05) is 35.9 Å². The summed E-state index contributed by atoms with van der Waals surface area (Å²) in [5, 5.41) is 10.3. The molecule has 0 radical (unpaired) electrons. The zero-order chi connectivity index (χ0) is 16.7. The van der Waals surface area contributed by atoms with Gasteiger partial charge in [-0.3, -0.25) is 9.78 Å². The van der Waals surface area contributed by atoms with Crippen molar-refractivity contribution in [2.24, 2.45) is 0 Å². The number of hydrogen-bond donors (Lipinski definition) is 1. The van der Waals surface area contributed by atoms with Crippen LogP contribution < -0.4 is 0 Å². The lowest BCUT2D eigenvalue weighted by Crippen LogP contribution is -2.33. The van der Waals surface area contributed by atoms with Crippen LogP contribution in [-0.2, 0) is 4.79 Å². The van der Waals surface area contributed by atoms with Crippen molar-refractivity contribution in [3.8, 4) is 0 Å². The van der Waals surface area contributed by atoms with Crippen LogP contribution in [0.15, 0.2) is 54.9 Å². The number of benzene rings is 1. The maximum atomic E-state index is 12.3. The van der Waals surface area contributed by atoms with Crippen LogP contribution in [0.5, 0.6) is 0 Å². The summed E-state index contributed by atoms with van der Waals surface area (Å²) < 4.78 is 0. The third kappa shape index (κ3) is 5.04. The molecular weight excluding hydrogens is 288 g/mol. The Bertz CT molecular complexity index is 651. The molecule has 0 spiro atoms. The van der Waals surface area contributed by atoms with Gasteiger partial charge in [0, 0.05) is 25.0 Å². The van der Waals surface area contributed by atoms with E-state index in [-0.39, 0.29) is 12.5 Å². The van der Waals surface area contributed by atoms with Crippen LogP contribution in [0.3, 0.4) is 0 Å². The molecule has 1 N–H and O–H groups in total. The first-order valence-electron chi connectivity index (χ1n) is 7.71. The molecule has 4 nitrogen and oxygen atoms in total. The molecule has 4 heteroatoms. The normalized spacial score (nSPS) is 12.3.